The van der Waals surface area contributed by atoms with Crippen molar-refractivity contribution in [1.29, 1.82) is 0 Å². The normalized spacial score (nSPS) is 15.6. The molecule has 136 valence electrons. The first kappa shape index (κ1) is 17.3. The molecule has 1 aliphatic carbocycles. The summed E-state index contributed by atoms with van der Waals surface area (Å²) in [4.78, 5) is 12.2. The zero-order chi connectivity index (χ0) is 17.9. The number of carbonyl (C=O) groups excluding carboxylic acids is 1. The summed E-state index contributed by atoms with van der Waals surface area (Å²) < 4.78 is 2.04. The Morgan fingerprint density at radius 2 is 2.04 bits per heavy atom. The largest absolute Gasteiger partial charge is 0.355 e. The van der Waals surface area contributed by atoms with Crippen LogP contribution in [0.15, 0.2) is 35.5 Å². The molecule has 0 unspecified atom stereocenters. The van der Waals surface area contributed by atoms with Crippen molar-refractivity contribution in [2.75, 3.05) is 12.3 Å². The van der Waals surface area contributed by atoms with Gasteiger partial charge in [-0.15, -0.1) is 10.2 Å². The number of carbonyl (C=O) groups is 1. The lowest BCUT2D eigenvalue weighted by atomic mass is 9.89. The second kappa shape index (κ2) is 7.66. The van der Waals surface area contributed by atoms with Gasteiger partial charge in [-0.05, 0) is 43.4 Å². The number of rotatable bonds is 5. The Kier molecular flexibility index (Phi) is 5.11. The molecule has 2 heterocycles. The van der Waals surface area contributed by atoms with Gasteiger partial charge in [0.2, 0.25) is 5.91 Å². The highest BCUT2D eigenvalue weighted by atomic mass is 32.2. The summed E-state index contributed by atoms with van der Waals surface area (Å²) in [5, 5.41) is 13.6. The van der Waals surface area contributed by atoms with Crippen molar-refractivity contribution in [2.24, 2.45) is 5.92 Å². The smallest absolute Gasteiger partial charge is 0.230 e. The molecule has 2 aromatic heterocycles. The third-order valence-corrected chi connectivity index (χ3v) is 6.15. The summed E-state index contributed by atoms with van der Waals surface area (Å²) in [6.07, 6.45) is 6.43. The number of nitrogens with one attached hydrogen (secondary N) is 1. The summed E-state index contributed by atoms with van der Waals surface area (Å²) in [7, 11) is 0. The van der Waals surface area contributed by atoms with E-state index < -0.39 is 0 Å². The summed E-state index contributed by atoms with van der Waals surface area (Å²) in [5.74, 6) is 1.10. The Morgan fingerprint density at radius 3 is 2.88 bits per heavy atom. The first-order valence-corrected chi connectivity index (χ1v) is 10.3. The predicted molar refractivity (Wildman–Crippen MR) is 106 cm³/mol. The maximum absolute atomic E-state index is 12.2. The highest BCUT2D eigenvalue weighted by Gasteiger charge is 2.16. The number of amides is 1. The number of aryl methyl sites for hydroxylation is 1. The molecule has 1 aliphatic rings. The van der Waals surface area contributed by atoms with Gasteiger partial charge in [0.1, 0.15) is 0 Å². The maximum atomic E-state index is 12.2. The quantitative estimate of drug-likeness (QED) is 0.692. The van der Waals surface area contributed by atoms with E-state index in [1.807, 2.05) is 22.6 Å². The molecule has 6 heteroatoms. The van der Waals surface area contributed by atoms with Gasteiger partial charge in [0, 0.05) is 11.9 Å². The zero-order valence-corrected chi connectivity index (χ0v) is 15.9. The summed E-state index contributed by atoms with van der Waals surface area (Å²) in [6, 6.07) is 10.3. The second-order valence-corrected chi connectivity index (χ2v) is 8.06. The molecule has 26 heavy (non-hydrogen) atoms. The van der Waals surface area contributed by atoms with Gasteiger partial charge in [-0.3, -0.25) is 9.20 Å². The van der Waals surface area contributed by atoms with E-state index in [0.29, 0.717) is 11.7 Å². The molecular weight excluding hydrogens is 344 g/mol. The molecule has 0 atom stereocenters. The van der Waals surface area contributed by atoms with E-state index in [4.69, 9.17) is 0 Å². The molecule has 5 nitrogen and oxygen atoms in total. The number of hydrogen-bond donors (Lipinski definition) is 1. The SMILES string of the molecule is Cc1cc2nnc(SCC(=O)NCC3CCCCC3)n2c2ccccc12. The summed E-state index contributed by atoms with van der Waals surface area (Å²) in [6.45, 7) is 2.89. The minimum absolute atomic E-state index is 0.0775. The lowest BCUT2D eigenvalue weighted by Gasteiger charge is -2.21. The van der Waals surface area contributed by atoms with E-state index in [1.54, 1.807) is 0 Å². The number of fused-ring (bicyclic) bond motifs is 3. The van der Waals surface area contributed by atoms with Crippen LogP contribution >= 0.6 is 11.8 Å². The number of aromatic nitrogens is 3. The summed E-state index contributed by atoms with van der Waals surface area (Å²) in [5.41, 5.74) is 3.09. The molecule has 4 rings (SSSR count). The monoisotopic (exact) mass is 368 g/mol. The van der Waals surface area contributed by atoms with Crippen LogP contribution in [0.25, 0.3) is 16.6 Å². The van der Waals surface area contributed by atoms with Gasteiger partial charge in [0.05, 0.1) is 11.3 Å². The fraction of sp³-hybridized carbons (Fsp3) is 0.450. The van der Waals surface area contributed by atoms with Gasteiger partial charge < -0.3 is 5.32 Å². The van der Waals surface area contributed by atoms with Crippen LogP contribution in [-0.4, -0.2) is 32.8 Å². The van der Waals surface area contributed by atoms with Gasteiger partial charge in [-0.2, -0.15) is 0 Å². The molecule has 1 N–H and O–H groups in total. The van der Waals surface area contributed by atoms with E-state index in [0.717, 1.165) is 22.9 Å². The van der Waals surface area contributed by atoms with Crippen LogP contribution in [0.5, 0.6) is 0 Å². The van der Waals surface area contributed by atoms with Crippen molar-refractivity contribution in [3.05, 3.63) is 35.9 Å². The molecule has 0 aliphatic heterocycles. The van der Waals surface area contributed by atoms with Crippen LogP contribution in [0.4, 0.5) is 0 Å². The van der Waals surface area contributed by atoms with Crippen molar-refractivity contribution in [2.45, 2.75) is 44.2 Å². The highest BCUT2D eigenvalue weighted by Crippen LogP contribution is 2.26. The maximum Gasteiger partial charge on any atom is 0.230 e. The topological polar surface area (TPSA) is 59.3 Å². The van der Waals surface area contributed by atoms with Crippen molar-refractivity contribution < 1.29 is 4.79 Å². The zero-order valence-electron chi connectivity index (χ0n) is 15.1. The van der Waals surface area contributed by atoms with Crippen LogP contribution in [0.1, 0.15) is 37.7 Å². The minimum atomic E-state index is 0.0775. The number of nitrogens with zero attached hydrogens (tertiary/aromatic N) is 3. The Morgan fingerprint density at radius 1 is 1.23 bits per heavy atom. The molecule has 3 aromatic rings. The molecule has 0 radical (unpaired) electrons. The molecular formula is C20H24N4OS. The van der Waals surface area contributed by atoms with Crippen LogP contribution < -0.4 is 5.32 Å². The number of thioether (sulfide) groups is 1. The van der Waals surface area contributed by atoms with Crippen molar-refractivity contribution >= 4 is 34.2 Å². The van der Waals surface area contributed by atoms with E-state index in [2.05, 4.69) is 34.6 Å². The Balaban J connectivity index is 1.46. The number of benzene rings is 1. The highest BCUT2D eigenvalue weighted by molar-refractivity contribution is 7.99. The van der Waals surface area contributed by atoms with Crippen LogP contribution in [-0.2, 0) is 4.79 Å². The molecule has 1 aromatic carbocycles. The van der Waals surface area contributed by atoms with Gasteiger partial charge >= 0.3 is 0 Å². The van der Waals surface area contributed by atoms with Crippen LogP contribution in [0, 0.1) is 12.8 Å². The molecule has 0 bridgehead atoms. The Bertz CT molecular complexity index is 930. The van der Waals surface area contributed by atoms with E-state index in [1.165, 1.54) is 54.8 Å². The first-order valence-electron chi connectivity index (χ1n) is 9.35. The Hall–Kier alpha value is -2.08. The van der Waals surface area contributed by atoms with E-state index in [9.17, 15) is 4.79 Å². The van der Waals surface area contributed by atoms with E-state index >= 15 is 0 Å². The van der Waals surface area contributed by atoms with Crippen molar-refractivity contribution in [3.63, 3.8) is 0 Å². The predicted octanol–water partition coefficient (Wildman–Crippen LogP) is 3.98. The third kappa shape index (κ3) is 3.56. The average Bonchev–Trinajstić information content (AvgIpc) is 3.08. The van der Waals surface area contributed by atoms with Gasteiger partial charge in [-0.25, -0.2) is 0 Å². The minimum Gasteiger partial charge on any atom is -0.355 e. The van der Waals surface area contributed by atoms with Crippen LogP contribution in [0.3, 0.4) is 0 Å². The average molecular weight is 369 g/mol. The third-order valence-electron chi connectivity index (χ3n) is 5.22. The van der Waals surface area contributed by atoms with Crippen molar-refractivity contribution in [1.82, 2.24) is 19.9 Å². The number of pyridine rings is 1. The van der Waals surface area contributed by atoms with Gasteiger partial charge in [-0.1, -0.05) is 49.2 Å². The number of para-hydroxylation sites is 1. The molecule has 1 fully saturated rings. The fourth-order valence-electron chi connectivity index (χ4n) is 3.80. The fourth-order valence-corrected chi connectivity index (χ4v) is 4.58. The lowest BCUT2D eigenvalue weighted by Crippen LogP contribution is -2.31. The van der Waals surface area contributed by atoms with Crippen LogP contribution in [0.2, 0.25) is 0 Å². The van der Waals surface area contributed by atoms with Gasteiger partial charge in [0.25, 0.3) is 0 Å². The first-order chi connectivity index (χ1) is 12.7. The van der Waals surface area contributed by atoms with Gasteiger partial charge in [0.15, 0.2) is 10.8 Å². The number of hydrogen-bond acceptors (Lipinski definition) is 4. The second-order valence-electron chi connectivity index (χ2n) is 7.12. The molecule has 0 spiro atoms. The standard InChI is InChI=1S/C20H24N4OS/c1-14-11-18-22-23-20(24(18)17-10-6-5-9-16(14)17)26-13-19(25)21-12-15-7-3-2-4-8-15/h5-6,9-11,15H,2-4,7-8,12-13H2,1H3,(H,21,25). The molecule has 0 saturated heterocycles. The summed E-state index contributed by atoms with van der Waals surface area (Å²) >= 11 is 1.45. The van der Waals surface area contributed by atoms with Crippen molar-refractivity contribution in [3.8, 4) is 0 Å². The molecule has 1 saturated carbocycles. The molecule has 1 amide bonds. The lowest BCUT2D eigenvalue weighted by molar-refractivity contribution is -0.118. The van der Waals surface area contributed by atoms with E-state index in [-0.39, 0.29) is 5.91 Å². The Labute approximate surface area is 157 Å².